The van der Waals surface area contributed by atoms with E-state index < -0.39 is 0 Å². The summed E-state index contributed by atoms with van der Waals surface area (Å²) in [5.41, 5.74) is 1.13. The third kappa shape index (κ3) is 2.48. The first-order valence-electron chi connectivity index (χ1n) is 5.47. The van der Waals surface area contributed by atoms with Crippen molar-refractivity contribution in [3.8, 4) is 0 Å². The van der Waals surface area contributed by atoms with E-state index in [2.05, 4.69) is 10.2 Å². The van der Waals surface area contributed by atoms with Gasteiger partial charge < -0.3 is 10.2 Å². The van der Waals surface area contributed by atoms with E-state index in [-0.39, 0.29) is 5.82 Å². The van der Waals surface area contributed by atoms with Crippen LogP contribution in [-0.2, 0) is 0 Å². The van der Waals surface area contributed by atoms with Crippen LogP contribution in [0.3, 0.4) is 0 Å². The highest BCUT2D eigenvalue weighted by Gasteiger charge is 2.17. The van der Waals surface area contributed by atoms with E-state index in [1.54, 1.807) is 0 Å². The van der Waals surface area contributed by atoms with E-state index in [9.17, 15) is 4.39 Å². The molecule has 2 nitrogen and oxygen atoms in total. The zero-order valence-electron chi connectivity index (χ0n) is 9.04. The van der Waals surface area contributed by atoms with Gasteiger partial charge in [-0.2, -0.15) is 0 Å². The van der Waals surface area contributed by atoms with Crippen molar-refractivity contribution < 1.29 is 4.39 Å². The smallest absolute Gasteiger partial charge is 0.123 e. The highest BCUT2D eigenvalue weighted by molar-refractivity contribution is 5.46. The molecular weight excluding hydrogens is 191 g/mol. The second-order valence-electron chi connectivity index (χ2n) is 4.03. The average molecular weight is 208 g/mol. The third-order valence-electron chi connectivity index (χ3n) is 3.09. The molecule has 82 valence electrons. The van der Waals surface area contributed by atoms with Crippen LogP contribution >= 0.6 is 0 Å². The predicted molar refractivity (Wildman–Crippen MR) is 60.7 cm³/mol. The lowest BCUT2D eigenvalue weighted by atomic mass is 10.0. The minimum atomic E-state index is -0.163. The molecule has 0 aromatic heterocycles. The Morgan fingerprint density at radius 2 is 1.80 bits per heavy atom. The molecule has 3 heteroatoms. The number of piperidine rings is 1. The fourth-order valence-corrected chi connectivity index (χ4v) is 2.08. The molecule has 0 atom stereocenters. The first kappa shape index (κ1) is 10.4. The number of rotatable bonds is 2. The van der Waals surface area contributed by atoms with Crippen LogP contribution in [0, 0.1) is 5.82 Å². The van der Waals surface area contributed by atoms with E-state index >= 15 is 0 Å². The van der Waals surface area contributed by atoms with Crippen molar-refractivity contribution in [1.82, 2.24) is 5.32 Å². The van der Waals surface area contributed by atoms with E-state index in [1.165, 1.54) is 12.1 Å². The summed E-state index contributed by atoms with van der Waals surface area (Å²) in [5.74, 6) is -0.163. The summed E-state index contributed by atoms with van der Waals surface area (Å²) in [6, 6.07) is 7.41. The van der Waals surface area contributed by atoms with Crippen LogP contribution in [0.15, 0.2) is 24.3 Å². The zero-order valence-corrected chi connectivity index (χ0v) is 9.04. The molecule has 0 bridgehead atoms. The number of nitrogens with zero attached hydrogens (tertiary/aromatic N) is 1. The molecule has 1 N–H and O–H groups in total. The molecule has 1 heterocycles. The molecule has 1 aliphatic rings. The van der Waals surface area contributed by atoms with E-state index in [1.807, 2.05) is 19.2 Å². The maximum absolute atomic E-state index is 12.7. The Hall–Kier alpha value is -1.09. The second-order valence-corrected chi connectivity index (χ2v) is 4.03. The first-order chi connectivity index (χ1) is 7.29. The summed E-state index contributed by atoms with van der Waals surface area (Å²) in [6.45, 7) is 2.11. The number of anilines is 1. The normalized spacial score (nSPS) is 18.1. The van der Waals surface area contributed by atoms with Gasteiger partial charge in [0, 0.05) is 24.8 Å². The summed E-state index contributed by atoms with van der Waals surface area (Å²) in [5, 5.41) is 3.30. The molecule has 0 spiro atoms. The topological polar surface area (TPSA) is 15.3 Å². The van der Waals surface area contributed by atoms with Gasteiger partial charge in [0.1, 0.15) is 5.82 Å². The quantitative estimate of drug-likeness (QED) is 0.800. The molecule has 0 saturated carbocycles. The van der Waals surface area contributed by atoms with Gasteiger partial charge in [0.15, 0.2) is 0 Å². The molecule has 1 aliphatic heterocycles. The van der Waals surface area contributed by atoms with Gasteiger partial charge in [-0.3, -0.25) is 0 Å². The predicted octanol–water partition coefficient (Wildman–Crippen LogP) is 2.01. The highest BCUT2D eigenvalue weighted by atomic mass is 19.1. The molecule has 1 fully saturated rings. The van der Waals surface area contributed by atoms with Gasteiger partial charge in [0.2, 0.25) is 0 Å². The zero-order chi connectivity index (χ0) is 10.7. The van der Waals surface area contributed by atoms with Crippen molar-refractivity contribution in [3.05, 3.63) is 30.1 Å². The lowest BCUT2D eigenvalue weighted by Crippen LogP contribution is -2.41. The van der Waals surface area contributed by atoms with Crippen molar-refractivity contribution >= 4 is 5.69 Å². The SMILES string of the molecule is CNC1CCN(c2ccc(F)cc2)CC1. The Balaban J connectivity index is 1.98. The van der Waals surface area contributed by atoms with Gasteiger partial charge in [-0.1, -0.05) is 0 Å². The van der Waals surface area contributed by atoms with E-state index in [4.69, 9.17) is 0 Å². The Morgan fingerprint density at radius 1 is 1.20 bits per heavy atom. The van der Waals surface area contributed by atoms with E-state index in [0.717, 1.165) is 31.6 Å². The lowest BCUT2D eigenvalue weighted by Gasteiger charge is -2.33. The van der Waals surface area contributed by atoms with Crippen LogP contribution < -0.4 is 10.2 Å². The first-order valence-corrected chi connectivity index (χ1v) is 5.47. The molecule has 2 rings (SSSR count). The number of nitrogens with one attached hydrogen (secondary N) is 1. The van der Waals surface area contributed by atoms with Gasteiger partial charge >= 0.3 is 0 Å². The van der Waals surface area contributed by atoms with Crippen LogP contribution in [0.1, 0.15) is 12.8 Å². The maximum Gasteiger partial charge on any atom is 0.123 e. The molecule has 15 heavy (non-hydrogen) atoms. The maximum atomic E-state index is 12.7. The Labute approximate surface area is 90.1 Å². The summed E-state index contributed by atoms with van der Waals surface area (Å²) in [7, 11) is 2.01. The third-order valence-corrected chi connectivity index (χ3v) is 3.09. The standard InChI is InChI=1S/C12H17FN2/c1-14-11-6-8-15(9-7-11)12-4-2-10(13)3-5-12/h2-5,11,14H,6-9H2,1H3. The van der Waals surface area contributed by atoms with Crippen LogP contribution in [0.2, 0.25) is 0 Å². The van der Waals surface area contributed by atoms with Gasteiger partial charge in [-0.05, 0) is 44.2 Å². The molecule has 1 aromatic carbocycles. The molecule has 0 radical (unpaired) electrons. The Morgan fingerprint density at radius 3 is 2.33 bits per heavy atom. The van der Waals surface area contributed by atoms with Crippen molar-refractivity contribution in [1.29, 1.82) is 0 Å². The Bertz CT molecular complexity index is 302. The largest absolute Gasteiger partial charge is 0.371 e. The summed E-state index contributed by atoms with van der Waals surface area (Å²) >= 11 is 0. The van der Waals surface area contributed by atoms with Crippen LogP contribution in [0.25, 0.3) is 0 Å². The van der Waals surface area contributed by atoms with Gasteiger partial charge in [0.25, 0.3) is 0 Å². The molecule has 1 saturated heterocycles. The minimum absolute atomic E-state index is 0.163. The molecule has 0 aliphatic carbocycles. The van der Waals surface area contributed by atoms with Crippen LogP contribution in [0.5, 0.6) is 0 Å². The number of hydrogen-bond acceptors (Lipinski definition) is 2. The monoisotopic (exact) mass is 208 g/mol. The fraction of sp³-hybridized carbons (Fsp3) is 0.500. The lowest BCUT2D eigenvalue weighted by molar-refractivity contribution is 0.442. The van der Waals surface area contributed by atoms with Crippen molar-refractivity contribution in [2.45, 2.75) is 18.9 Å². The molecule has 1 aromatic rings. The summed E-state index contributed by atoms with van der Waals surface area (Å²) in [4.78, 5) is 2.31. The Kier molecular flexibility index (Phi) is 3.21. The highest BCUT2D eigenvalue weighted by Crippen LogP contribution is 2.19. The fourth-order valence-electron chi connectivity index (χ4n) is 2.08. The number of halogens is 1. The number of benzene rings is 1. The van der Waals surface area contributed by atoms with Crippen molar-refractivity contribution in [2.75, 3.05) is 25.0 Å². The van der Waals surface area contributed by atoms with Crippen molar-refractivity contribution in [2.24, 2.45) is 0 Å². The summed E-state index contributed by atoms with van der Waals surface area (Å²) in [6.07, 6.45) is 2.32. The molecule has 0 amide bonds. The molecule has 0 unspecified atom stereocenters. The summed E-state index contributed by atoms with van der Waals surface area (Å²) < 4.78 is 12.7. The van der Waals surface area contributed by atoms with Gasteiger partial charge in [-0.15, -0.1) is 0 Å². The minimum Gasteiger partial charge on any atom is -0.371 e. The van der Waals surface area contributed by atoms with Crippen molar-refractivity contribution in [3.63, 3.8) is 0 Å². The van der Waals surface area contributed by atoms with E-state index in [0.29, 0.717) is 6.04 Å². The second kappa shape index (κ2) is 4.62. The van der Waals surface area contributed by atoms with Gasteiger partial charge in [0.05, 0.1) is 0 Å². The van der Waals surface area contributed by atoms with Crippen LogP contribution in [0.4, 0.5) is 10.1 Å². The molecular formula is C12H17FN2. The van der Waals surface area contributed by atoms with Crippen LogP contribution in [-0.4, -0.2) is 26.2 Å². The van der Waals surface area contributed by atoms with Gasteiger partial charge in [-0.25, -0.2) is 4.39 Å². The average Bonchev–Trinajstić information content (AvgIpc) is 2.30. The number of hydrogen-bond donors (Lipinski definition) is 1.